The summed E-state index contributed by atoms with van der Waals surface area (Å²) in [5.41, 5.74) is 0.954. The first-order valence-corrected chi connectivity index (χ1v) is 6.49. The fourth-order valence-electron chi connectivity index (χ4n) is 2.41. The van der Waals surface area contributed by atoms with Gasteiger partial charge in [-0.3, -0.25) is 4.79 Å². The van der Waals surface area contributed by atoms with Crippen LogP contribution in [-0.4, -0.2) is 31.0 Å². The van der Waals surface area contributed by atoms with E-state index in [-0.39, 0.29) is 17.7 Å². The van der Waals surface area contributed by atoms with Crippen LogP contribution in [0, 0.1) is 17.2 Å². The lowest BCUT2D eigenvalue weighted by atomic mass is 9.91. The van der Waals surface area contributed by atoms with Gasteiger partial charge >= 0.3 is 0 Å². The second-order valence-corrected chi connectivity index (χ2v) is 4.98. The van der Waals surface area contributed by atoms with Gasteiger partial charge in [0.2, 0.25) is 5.91 Å². The van der Waals surface area contributed by atoms with Crippen molar-refractivity contribution in [3.8, 4) is 11.8 Å². The SMILES string of the molecule is CC(C#N)CN(C)C(=O)C1CCOc2ccccc21. The molecule has 4 heteroatoms. The molecule has 0 aromatic heterocycles. The maximum Gasteiger partial charge on any atom is 0.230 e. The summed E-state index contributed by atoms with van der Waals surface area (Å²) >= 11 is 0. The van der Waals surface area contributed by atoms with E-state index in [1.807, 2.05) is 31.2 Å². The van der Waals surface area contributed by atoms with Gasteiger partial charge in [0.1, 0.15) is 5.75 Å². The molecule has 0 N–H and O–H groups in total. The van der Waals surface area contributed by atoms with Crippen molar-refractivity contribution in [2.45, 2.75) is 19.3 Å². The Bertz CT molecular complexity index is 507. The molecule has 0 bridgehead atoms. The smallest absolute Gasteiger partial charge is 0.230 e. The number of hydrogen-bond donors (Lipinski definition) is 0. The van der Waals surface area contributed by atoms with Crippen LogP contribution in [0.5, 0.6) is 5.75 Å². The summed E-state index contributed by atoms with van der Waals surface area (Å²) in [7, 11) is 1.76. The highest BCUT2D eigenvalue weighted by Crippen LogP contribution is 2.34. The number of carbonyl (C=O) groups excluding carboxylic acids is 1. The number of nitriles is 1. The van der Waals surface area contributed by atoms with Gasteiger partial charge < -0.3 is 9.64 Å². The van der Waals surface area contributed by atoms with Crippen LogP contribution in [0.4, 0.5) is 0 Å². The zero-order valence-corrected chi connectivity index (χ0v) is 11.3. The van der Waals surface area contributed by atoms with Crippen molar-refractivity contribution in [3.05, 3.63) is 29.8 Å². The number of likely N-dealkylation sites (N-methyl/N-ethyl adjacent to an activating group) is 1. The minimum Gasteiger partial charge on any atom is -0.493 e. The third kappa shape index (κ3) is 2.87. The Morgan fingerprint density at radius 2 is 2.32 bits per heavy atom. The van der Waals surface area contributed by atoms with Crippen LogP contribution in [0.1, 0.15) is 24.8 Å². The van der Waals surface area contributed by atoms with Crippen molar-refractivity contribution in [3.63, 3.8) is 0 Å². The fourth-order valence-corrected chi connectivity index (χ4v) is 2.41. The van der Waals surface area contributed by atoms with Crippen LogP contribution in [0.25, 0.3) is 0 Å². The molecule has 1 aliphatic rings. The first-order valence-electron chi connectivity index (χ1n) is 6.49. The minimum absolute atomic E-state index is 0.0675. The predicted octanol–water partition coefficient (Wildman–Crippen LogP) is 2.17. The van der Waals surface area contributed by atoms with Crippen molar-refractivity contribution in [2.24, 2.45) is 5.92 Å². The molecular formula is C15H18N2O2. The molecule has 19 heavy (non-hydrogen) atoms. The number of carbonyl (C=O) groups is 1. The lowest BCUT2D eigenvalue weighted by molar-refractivity contribution is -0.132. The number of amides is 1. The fraction of sp³-hybridized carbons (Fsp3) is 0.467. The third-order valence-electron chi connectivity index (χ3n) is 3.40. The zero-order chi connectivity index (χ0) is 13.8. The van der Waals surface area contributed by atoms with Gasteiger partial charge in [-0.25, -0.2) is 0 Å². The van der Waals surface area contributed by atoms with Crippen molar-refractivity contribution < 1.29 is 9.53 Å². The summed E-state index contributed by atoms with van der Waals surface area (Å²) in [6.45, 7) is 2.85. The Hall–Kier alpha value is -2.02. The van der Waals surface area contributed by atoms with E-state index in [0.29, 0.717) is 19.6 Å². The highest BCUT2D eigenvalue weighted by molar-refractivity contribution is 5.84. The van der Waals surface area contributed by atoms with Gasteiger partial charge in [-0.15, -0.1) is 0 Å². The minimum atomic E-state index is -0.152. The van der Waals surface area contributed by atoms with Crippen molar-refractivity contribution in [2.75, 3.05) is 20.2 Å². The molecule has 4 nitrogen and oxygen atoms in total. The average molecular weight is 258 g/mol. The van der Waals surface area contributed by atoms with E-state index in [2.05, 4.69) is 6.07 Å². The summed E-state index contributed by atoms with van der Waals surface area (Å²) in [4.78, 5) is 14.1. The highest BCUT2D eigenvalue weighted by Gasteiger charge is 2.29. The second kappa shape index (κ2) is 5.75. The van der Waals surface area contributed by atoms with Crippen molar-refractivity contribution in [1.82, 2.24) is 4.90 Å². The summed E-state index contributed by atoms with van der Waals surface area (Å²) in [5, 5.41) is 8.83. The molecule has 0 aliphatic carbocycles. The molecule has 1 amide bonds. The standard InChI is InChI=1S/C15H18N2O2/c1-11(9-16)10-17(2)15(18)13-7-8-19-14-6-4-3-5-12(13)14/h3-6,11,13H,7-8,10H2,1-2H3. The number of benzene rings is 1. The molecule has 2 unspecified atom stereocenters. The number of fused-ring (bicyclic) bond motifs is 1. The first-order chi connectivity index (χ1) is 9.13. The van der Waals surface area contributed by atoms with Crippen LogP contribution < -0.4 is 4.74 Å². The maximum atomic E-state index is 12.5. The van der Waals surface area contributed by atoms with Crippen LogP contribution in [-0.2, 0) is 4.79 Å². The number of ether oxygens (including phenoxy) is 1. The van der Waals surface area contributed by atoms with Gasteiger partial charge in [-0.05, 0) is 19.4 Å². The van der Waals surface area contributed by atoms with Gasteiger partial charge in [0.15, 0.2) is 0 Å². The molecule has 2 rings (SSSR count). The van der Waals surface area contributed by atoms with Gasteiger partial charge in [0.25, 0.3) is 0 Å². The Kier molecular flexibility index (Phi) is 4.06. The van der Waals surface area contributed by atoms with E-state index in [0.717, 1.165) is 11.3 Å². The van der Waals surface area contributed by atoms with Crippen LogP contribution >= 0.6 is 0 Å². The summed E-state index contributed by atoms with van der Waals surface area (Å²) in [6, 6.07) is 9.82. The van der Waals surface area contributed by atoms with E-state index in [1.165, 1.54) is 0 Å². The molecule has 0 saturated heterocycles. The predicted molar refractivity (Wildman–Crippen MR) is 71.7 cm³/mol. The van der Waals surface area contributed by atoms with E-state index in [1.54, 1.807) is 11.9 Å². The van der Waals surface area contributed by atoms with Gasteiger partial charge in [0, 0.05) is 19.2 Å². The lowest BCUT2D eigenvalue weighted by Gasteiger charge is -2.29. The van der Waals surface area contributed by atoms with Gasteiger partial charge in [-0.1, -0.05) is 18.2 Å². The van der Waals surface area contributed by atoms with Crippen molar-refractivity contribution in [1.29, 1.82) is 5.26 Å². The van der Waals surface area contributed by atoms with E-state index in [9.17, 15) is 4.79 Å². The molecule has 0 spiro atoms. The molecule has 1 aromatic rings. The quantitative estimate of drug-likeness (QED) is 0.835. The first kappa shape index (κ1) is 13.4. The molecule has 2 atom stereocenters. The topological polar surface area (TPSA) is 53.3 Å². The third-order valence-corrected chi connectivity index (χ3v) is 3.40. The summed E-state index contributed by atoms with van der Waals surface area (Å²) in [6.07, 6.45) is 0.696. The molecule has 1 heterocycles. The monoisotopic (exact) mass is 258 g/mol. The molecular weight excluding hydrogens is 240 g/mol. The molecule has 0 radical (unpaired) electrons. The number of para-hydroxylation sites is 1. The Morgan fingerprint density at radius 1 is 1.58 bits per heavy atom. The molecule has 0 fully saturated rings. The Labute approximate surface area is 113 Å². The number of nitrogens with zero attached hydrogens (tertiary/aromatic N) is 2. The molecule has 1 aliphatic heterocycles. The van der Waals surface area contributed by atoms with Crippen LogP contribution in [0.2, 0.25) is 0 Å². The maximum absolute atomic E-state index is 12.5. The van der Waals surface area contributed by atoms with Crippen LogP contribution in [0.15, 0.2) is 24.3 Å². The van der Waals surface area contributed by atoms with Crippen molar-refractivity contribution >= 4 is 5.91 Å². The Balaban J connectivity index is 2.15. The zero-order valence-electron chi connectivity index (χ0n) is 11.3. The lowest BCUT2D eigenvalue weighted by Crippen LogP contribution is -2.36. The molecule has 100 valence electrons. The van der Waals surface area contributed by atoms with E-state index < -0.39 is 0 Å². The van der Waals surface area contributed by atoms with Gasteiger partial charge in [-0.2, -0.15) is 5.26 Å². The molecule has 0 saturated carbocycles. The normalized spacial score (nSPS) is 18.7. The van der Waals surface area contributed by atoms with E-state index in [4.69, 9.17) is 10.00 Å². The average Bonchev–Trinajstić information content (AvgIpc) is 2.45. The Morgan fingerprint density at radius 3 is 3.05 bits per heavy atom. The highest BCUT2D eigenvalue weighted by atomic mass is 16.5. The van der Waals surface area contributed by atoms with Crippen LogP contribution in [0.3, 0.4) is 0 Å². The largest absolute Gasteiger partial charge is 0.493 e. The number of rotatable bonds is 3. The molecule has 1 aromatic carbocycles. The van der Waals surface area contributed by atoms with E-state index >= 15 is 0 Å². The second-order valence-electron chi connectivity index (χ2n) is 4.98. The number of hydrogen-bond acceptors (Lipinski definition) is 3. The summed E-state index contributed by atoms with van der Waals surface area (Å²) < 4.78 is 5.56. The van der Waals surface area contributed by atoms with Gasteiger partial charge in [0.05, 0.1) is 24.5 Å². The summed E-state index contributed by atoms with van der Waals surface area (Å²) in [5.74, 6) is 0.566.